The van der Waals surface area contributed by atoms with Crippen molar-refractivity contribution in [2.45, 2.75) is 83.2 Å². The van der Waals surface area contributed by atoms with Gasteiger partial charge in [-0.05, 0) is 32.6 Å². The molecule has 2 aliphatic rings. The Hall–Kier alpha value is -1.79. The van der Waals surface area contributed by atoms with Crippen LogP contribution in [0.3, 0.4) is 0 Å². The fraction of sp³-hybridized carbons (Fsp3) is 0.824. The van der Waals surface area contributed by atoms with Crippen LogP contribution in [0, 0.1) is 0 Å². The molecule has 0 atom stereocenters. The molecule has 1 aromatic heterocycles. The summed E-state index contributed by atoms with van der Waals surface area (Å²) in [4.78, 5) is 13.4. The molecule has 0 bridgehead atoms. The molecule has 1 N–H and O–H groups in total. The minimum Gasteiger partial charge on any atom is -0.450 e. The maximum absolute atomic E-state index is 11.6. The first-order valence-corrected chi connectivity index (χ1v) is 9.39. The minimum atomic E-state index is -0.511. The van der Waals surface area contributed by atoms with Gasteiger partial charge in [0.2, 0.25) is 5.27 Å². The Kier molecular flexibility index (Phi) is 5.93. The molecule has 2 fully saturated rings. The van der Waals surface area contributed by atoms with Crippen molar-refractivity contribution in [3.05, 3.63) is 6.20 Å². The zero-order chi connectivity index (χ0) is 16.8. The summed E-state index contributed by atoms with van der Waals surface area (Å²) >= 11 is 0. The van der Waals surface area contributed by atoms with Gasteiger partial charge in [-0.25, -0.2) is 4.79 Å². The van der Waals surface area contributed by atoms with Gasteiger partial charge < -0.3 is 4.74 Å². The Bertz CT molecular complexity index is 504. The fourth-order valence-corrected chi connectivity index (χ4v) is 3.99. The van der Waals surface area contributed by atoms with E-state index in [-0.39, 0.29) is 0 Å². The SMILES string of the molecule is CCOC(=O)Nc1c[n+](N(C2CCCCC2)C2CCCCC2)no1. The number of hydrogen-bond acceptors (Lipinski definition) is 5. The van der Waals surface area contributed by atoms with Crippen molar-refractivity contribution >= 4 is 12.0 Å². The zero-order valence-electron chi connectivity index (χ0n) is 14.6. The average Bonchev–Trinajstić information content (AvgIpc) is 3.05. The second-order valence-corrected chi connectivity index (χ2v) is 6.80. The zero-order valence-corrected chi connectivity index (χ0v) is 14.6. The Labute approximate surface area is 143 Å². The molecule has 24 heavy (non-hydrogen) atoms. The lowest BCUT2D eigenvalue weighted by molar-refractivity contribution is -0.766. The lowest BCUT2D eigenvalue weighted by Gasteiger charge is -2.35. The monoisotopic (exact) mass is 337 g/mol. The van der Waals surface area contributed by atoms with E-state index in [0.717, 1.165) is 0 Å². The van der Waals surface area contributed by atoms with Crippen molar-refractivity contribution in [3.8, 4) is 0 Å². The molecule has 0 unspecified atom stereocenters. The number of carbonyl (C=O) groups excluding carboxylic acids is 1. The summed E-state index contributed by atoms with van der Waals surface area (Å²) < 4.78 is 10.2. The van der Waals surface area contributed by atoms with Gasteiger partial charge in [-0.3, -0.25) is 9.84 Å². The second-order valence-electron chi connectivity index (χ2n) is 6.80. The van der Waals surface area contributed by atoms with Gasteiger partial charge in [0, 0.05) is 0 Å². The molecular weight excluding hydrogens is 308 g/mol. The highest BCUT2D eigenvalue weighted by Crippen LogP contribution is 2.27. The number of rotatable bonds is 5. The molecule has 0 radical (unpaired) electrons. The van der Waals surface area contributed by atoms with Gasteiger partial charge in [0.05, 0.1) is 23.5 Å². The van der Waals surface area contributed by atoms with E-state index >= 15 is 0 Å². The van der Waals surface area contributed by atoms with Gasteiger partial charge in [0.1, 0.15) is 0 Å². The van der Waals surface area contributed by atoms with E-state index in [1.165, 1.54) is 64.2 Å². The summed E-state index contributed by atoms with van der Waals surface area (Å²) in [6.45, 7) is 2.10. The number of anilines is 1. The van der Waals surface area contributed by atoms with Crippen molar-refractivity contribution in [1.82, 2.24) is 5.27 Å². The van der Waals surface area contributed by atoms with Crippen LogP contribution >= 0.6 is 0 Å². The number of aromatic nitrogens is 2. The van der Waals surface area contributed by atoms with Gasteiger partial charge in [-0.15, -0.1) is 5.01 Å². The van der Waals surface area contributed by atoms with Gasteiger partial charge in [0.25, 0.3) is 6.20 Å². The van der Waals surface area contributed by atoms with E-state index in [4.69, 9.17) is 9.26 Å². The predicted molar refractivity (Wildman–Crippen MR) is 89.3 cm³/mol. The molecule has 0 spiro atoms. The number of nitrogens with one attached hydrogen (secondary N) is 1. The van der Waals surface area contributed by atoms with Crippen molar-refractivity contribution in [3.63, 3.8) is 0 Å². The highest BCUT2D eigenvalue weighted by molar-refractivity contribution is 5.82. The summed E-state index contributed by atoms with van der Waals surface area (Å²) in [6.07, 6.45) is 13.8. The van der Waals surface area contributed by atoms with Crippen LogP contribution in [-0.2, 0) is 4.74 Å². The van der Waals surface area contributed by atoms with Crippen molar-refractivity contribution in [2.75, 3.05) is 16.9 Å². The third-order valence-electron chi connectivity index (χ3n) is 5.09. The highest BCUT2D eigenvalue weighted by atomic mass is 16.6. The first kappa shape index (κ1) is 17.0. The number of ether oxygens (including phenoxy) is 1. The molecule has 1 heterocycles. The number of hydrogen-bond donors (Lipinski definition) is 1. The smallest absolute Gasteiger partial charge is 0.414 e. The summed E-state index contributed by atoms with van der Waals surface area (Å²) in [7, 11) is 0. The van der Waals surface area contributed by atoms with E-state index in [1.54, 1.807) is 13.1 Å². The normalized spacial score (nSPS) is 19.9. The van der Waals surface area contributed by atoms with E-state index in [0.29, 0.717) is 24.6 Å². The van der Waals surface area contributed by atoms with Crippen molar-refractivity contribution in [1.29, 1.82) is 0 Å². The predicted octanol–water partition coefficient (Wildman–Crippen LogP) is 3.13. The molecule has 7 heteroatoms. The van der Waals surface area contributed by atoms with Crippen LogP contribution < -0.4 is 15.1 Å². The van der Waals surface area contributed by atoms with E-state index in [9.17, 15) is 4.79 Å². The number of nitrogens with zero attached hydrogens (tertiary/aromatic N) is 3. The Balaban J connectivity index is 1.74. The largest absolute Gasteiger partial charge is 0.450 e. The van der Waals surface area contributed by atoms with Gasteiger partial charge in [0.15, 0.2) is 0 Å². The fourth-order valence-electron chi connectivity index (χ4n) is 3.99. The summed E-state index contributed by atoms with van der Waals surface area (Å²) in [5.74, 6) is 0.324. The summed E-state index contributed by atoms with van der Waals surface area (Å²) in [5, 5.41) is 9.16. The minimum absolute atomic E-state index is 0.324. The van der Waals surface area contributed by atoms with Crippen LogP contribution in [0.1, 0.15) is 71.1 Å². The maximum atomic E-state index is 11.6. The van der Waals surface area contributed by atoms with Gasteiger partial charge in [-0.1, -0.05) is 38.5 Å². The van der Waals surface area contributed by atoms with Crippen LogP contribution in [-0.4, -0.2) is 30.1 Å². The highest BCUT2D eigenvalue weighted by Gasteiger charge is 2.37. The van der Waals surface area contributed by atoms with Crippen LogP contribution in [0.2, 0.25) is 0 Å². The average molecular weight is 337 g/mol. The van der Waals surface area contributed by atoms with E-state index in [1.807, 2.05) is 4.79 Å². The lowest BCUT2D eigenvalue weighted by atomic mass is 9.90. The number of carbonyl (C=O) groups is 1. The Morgan fingerprint density at radius 2 is 1.79 bits per heavy atom. The van der Waals surface area contributed by atoms with Crippen LogP contribution in [0.15, 0.2) is 10.7 Å². The molecule has 2 saturated carbocycles. The van der Waals surface area contributed by atoms with Crippen LogP contribution in [0.5, 0.6) is 0 Å². The third-order valence-corrected chi connectivity index (χ3v) is 5.09. The second kappa shape index (κ2) is 8.35. The first-order valence-electron chi connectivity index (χ1n) is 9.39. The van der Waals surface area contributed by atoms with Crippen LogP contribution in [0.4, 0.5) is 10.7 Å². The van der Waals surface area contributed by atoms with Gasteiger partial charge in [-0.2, -0.15) is 0 Å². The van der Waals surface area contributed by atoms with Crippen molar-refractivity contribution in [2.24, 2.45) is 0 Å². The maximum Gasteiger partial charge on any atom is 0.414 e. The molecule has 0 saturated heterocycles. The van der Waals surface area contributed by atoms with E-state index in [2.05, 4.69) is 15.6 Å². The molecular formula is C17H29N4O3+. The molecule has 134 valence electrons. The summed E-state index contributed by atoms with van der Waals surface area (Å²) in [5.41, 5.74) is 0. The Morgan fingerprint density at radius 3 is 2.33 bits per heavy atom. The number of amides is 1. The van der Waals surface area contributed by atoms with Crippen LogP contribution in [0.25, 0.3) is 0 Å². The molecule has 0 aromatic carbocycles. The standard InChI is InChI=1S/C17H28N4O3/c1-2-23-17(22)18-16-13-20(19-24-16)21(14-9-5-3-6-10-14)15-11-7-4-8-12-15/h13-15H,2-12H2,1H3/p+1. The van der Waals surface area contributed by atoms with E-state index < -0.39 is 6.09 Å². The molecule has 0 aliphatic heterocycles. The molecule has 1 aromatic rings. The lowest BCUT2D eigenvalue weighted by Crippen LogP contribution is -2.68. The van der Waals surface area contributed by atoms with Crippen molar-refractivity contribution < 1.29 is 18.8 Å². The Morgan fingerprint density at radius 1 is 1.21 bits per heavy atom. The molecule has 1 amide bonds. The third kappa shape index (κ3) is 4.19. The quantitative estimate of drug-likeness (QED) is 0.836. The molecule has 7 nitrogen and oxygen atoms in total. The summed E-state index contributed by atoms with van der Waals surface area (Å²) in [6, 6.07) is 1.01. The topological polar surface area (TPSA) is 71.5 Å². The molecule has 2 aliphatic carbocycles. The first-order chi connectivity index (χ1) is 11.8. The molecule has 3 rings (SSSR count). The van der Waals surface area contributed by atoms with Gasteiger partial charge >= 0.3 is 12.0 Å².